The van der Waals surface area contributed by atoms with Crippen LogP contribution >= 0.6 is 12.4 Å². The van der Waals surface area contributed by atoms with Crippen LogP contribution in [0.3, 0.4) is 0 Å². The zero-order valence-corrected chi connectivity index (χ0v) is 22.2. The molecule has 0 fully saturated rings. The van der Waals surface area contributed by atoms with Crippen LogP contribution in [0.5, 0.6) is 0 Å². The first kappa shape index (κ1) is 28.4. The second-order valence-corrected chi connectivity index (χ2v) is 8.76. The minimum atomic E-state index is -0.346. The average molecular weight is 536 g/mol. The molecule has 0 aliphatic rings. The second kappa shape index (κ2) is 12.4. The Morgan fingerprint density at radius 3 is 2.13 bits per heavy atom. The van der Waals surface area contributed by atoms with Gasteiger partial charge in [0.15, 0.2) is 5.69 Å². The smallest absolute Gasteiger partial charge is 0.272 e. The third kappa shape index (κ3) is 6.01. The van der Waals surface area contributed by atoms with Crippen LogP contribution in [-0.2, 0) is 13.1 Å². The van der Waals surface area contributed by atoms with Crippen LogP contribution in [0.2, 0.25) is 0 Å². The number of benzene rings is 3. The van der Waals surface area contributed by atoms with E-state index in [0.717, 1.165) is 22.2 Å². The Hall–Kier alpha value is -4.21. The van der Waals surface area contributed by atoms with Gasteiger partial charge in [-0.3, -0.25) is 19.1 Å². The van der Waals surface area contributed by atoms with Gasteiger partial charge in [0.05, 0.1) is 18.7 Å². The molecule has 0 spiro atoms. The lowest BCUT2D eigenvalue weighted by molar-refractivity contribution is 0.0827. The molecule has 3 aromatic carbocycles. The summed E-state index contributed by atoms with van der Waals surface area (Å²) in [6.07, 6.45) is 0. The lowest BCUT2D eigenvalue weighted by Gasteiger charge is -2.11. The molecule has 3 N–H and O–H groups in total. The number of aliphatic hydroxyl groups excluding tert-OH is 1. The molecule has 0 saturated carbocycles. The number of aromatic nitrogens is 2. The maximum Gasteiger partial charge on any atom is 0.272 e. The summed E-state index contributed by atoms with van der Waals surface area (Å²) >= 11 is 0. The molecular formula is C28H30ClN5O4. The molecule has 4 aromatic rings. The third-order valence-electron chi connectivity index (χ3n) is 6.04. The summed E-state index contributed by atoms with van der Waals surface area (Å²) in [6.45, 7) is 0.409. The van der Waals surface area contributed by atoms with Crippen molar-refractivity contribution in [2.24, 2.45) is 0 Å². The largest absolute Gasteiger partial charge is 0.394 e. The number of fused-ring (bicyclic) bond motifs is 1. The standard InChI is InChI=1S/C28H29N5O4.ClH/c1-29-26(35)20-6-4-18(5-7-20)17-30-27(36)25-23-16-22(12-13-24(23)33(31-25)14-15-34)19-8-10-21(11-9-19)28(37)32(2)3;/h4-13,16,34H,14-15,17H2,1-3H3,(H,29,35)(H,30,36);1H. The number of carbonyl (C=O) groups excluding carboxylic acids is 3. The summed E-state index contributed by atoms with van der Waals surface area (Å²) in [5.41, 5.74) is 4.73. The van der Waals surface area contributed by atoms with Crippen LogP contribution in [0.4, 0.5) is 0 Å². The van der Waals surface area contributed by atoms with Gasteiger partial charge in [0.2, 0.25) is 0 Å². The van der Waals surface area contributed by atoms with Crippen LogP contribution in [0, 0.1) is 0 Å². The molecule has 38 heavy (non-hydrogen) atoms. The highest BCUT2D eigenvalue weighted by molar-refractivity contribution is 6.06. The van der Waals surface area contributed by atoms with E-state index in [-0.39, 0.29) is 55.5 Å². The van der Waals surface area contributed by atoms with Crippen LogP contribution in [0.25, 0.3) is 22.0 Å². The van der Waals surface area contributed by atoms with Crippen LogP contribution < -0.4 is 10.6 Å². The molecule has 0 saturated heterocycles. The number of hydrogen-bond donors (Lipinski definition) is 3. The van der Waals surface area contributed by atoms with Crippen molar-refractivity contribution in [1.29, 1.82) is 0 Å². The SMILES string of the molecule is CNC(=O)c1ccc(CNC(=O)c2nn(CCO)c3ccc(-c4ccc(C(=O)N(C)C)cc4)cc23)cc1.Cl. The van der Waals surface area contributed by atoms with Gasteiger partial charge >= 0.3 is 0 Å². The zero-order chi connectivity index (χ0) is 26.5. The molecule has 1 aromatic heterocycles. The molecule has 1 heterocycles. The Kier molecular flexibility index (Phi) is 9.22. The molecule has 0 radical (unpaired) electrons. The fourth-order valence-electron chi connectivity index (χ4n) is 4.04. The van der Waals surface area contributed by atoms with Gasteiger partial charge in [-0.1, -0.05) is 30.3 Å². The van der Waals surface area contributed by atoms with Crippen molar-refractivity contribution in [3.8, 4) is 11.1 Å². The summed E-state index contributed by atoms with van der Waals surface area (Å²) in [6, 6.07) is 20.0. The Bertz CT molecular complexity index is 1450. The molecule has 0 atom stereocenters. The normalized spacial score (nSPS) is 10.5. The van der Waals surface area contributed by atoms with E-state index >= 15 is 0 Å². The monoisotopic (exact) mass is 535 g/mol. The summed E-state index contributed by atoms with van der Waals surface area (Å²) in [5.74, 6) is -0.595. The van der Waals surface area contributed by atoms with Gasteiger partial charge in [-0.25, -0.2) is 0 Å². The van der Waals surface area contributed by atoms with Crippen LogP contribution in [0.1, 0.15) is 36.8 Å². The number of nitrogens with one attached hydrogen (secondary N) is 2. The number of aliphatic hydroxyl groups is 1. The first-order valence-corrected chi connectivity index (χ1v) is 11.8. The topological polar surface area (TPSA) is 117 Å². The maximum absolute atomic E-state index is 13.1. The van der Waals surface area contributed by atoms with Crippen molar-refractivity contribution in [3.63, 3.8) is 0 Å². The average Bonchev–Trinajstić information content (AvgIpc) is 3.29. The molecule has 9 nitrogen and oxygen atoms in total. The van der Waals surface area contributed by atoms with Gasteiger partial charge < -0.3 is 20.6 Å². The second-order valence-electron chi connectivity index (χ2n) is 8.76. The van der Waals surface area contributed by atoms with Crippen LogP contribution in [-0.4, -0.2) is 65.3 Å². The van der Waals surface area contributed by atoms with E-state index in [0.29, 0.717) is 16.5 Å². The molecule has 0 bridgehead atoms. The Balaban J connectivity index is 0.00000400. The van der Waals surface area contributed by atoms with Crippen molar-refractivity contribution in [2.45, 2.75) is 13.1 Å². The molecule has 3 amide bonds. The highest BCUT2D eigenvalue weighted by atomic mass is 35.5. The number of rotatable bonds is 8. The third-order valence-corrected chi connectivity index (χ3v) is 6.04. The Morgan fingerprint density at radius 2 is 1.53 bits per heavy atom. The summed E-state index contributed by atoms with van der Waals surface area (Å²) in [4.78, 5) is 38.6. The molecule has 4 rings (SSSR count). The van der Waals surface area contributed by atoms with E-state index in [1.54, 1.807) is 62.2 Å². The maximum atomic E-state index is 13.1. The van der Waals surface area contributed by atoms with Gasteiger partial charge in [0.25, 0.3) is 17.7 Å². The Labute approximate surface area is 226 Å². The zero-order valence-electron chi connectivity index (χ0n) is 21.4. The number of nitrogens with zero attached hydrogens (tertiary/aromatic N) is 3. The molecule has 10 heteroatoms. The van der Waals surface area contributed by atoms with E-state index in [4.69, 9.17) is 0 Å². The van der Waals surface area contributed by atoms with Gasteiger partial charge in [0, 0.05) is 44.2 Å². The van der Waals surface area contributed by atoms with E-state index in [2.05, 4.69) is 15.7 Å². The van der Waals surface area contributed by atoms with E-state index in [1.165, 1.54) is 4.90 Å². The molecule has 0 aliphatic carbocycles. The summed E-state index contributed by atoms with van der Waals surface area (Å²) in [5, 5.41) is 20.1. The number of carbonyl (C=O) groups is 3. The van der Waals surface area contributed by atoms with Gasteiger partial charge in [-0.15, -0.1) is 12.4 Å². The van der Waals surface area contributed by atoms with Crippen molar-refractivity contribution < 1.29 is 19.5 Å². The quantitative estimate of drug-likeness (QED) is 0.320. The number of hydrogen-bond acceptors (Lipinski definition) is 5. The fraction of sp³-hybridized carbons (Fsp3) is 0.214. The van der Waals surface area contributed by atoms with E-state index in [1.807, 2.05) is 30.3 Å². The minimum absolute atomic E-state index is 0. The minimum Gasteiger partial charge on any atom is -0.394 e. The van der Waals surface area contributed by atoms with Crippen molar-refractivity contribution >= 4 is 41.0 Å². The summed E-state index contributed by atoms with van der Waals surface area (Å²) in [7, 11) is 4.99. The fourth-order valence-corrected chi connectivity index (χ4v) is 4.04. The first-order chi connectivity index (χ1) is 17.8. The van der Waals surface area contributed by atoms with E-state index in [9.17, 15) is 19.5 Å². The van der Waals surface area contributed by atoms with Crippen molar-refractivity contribution in [2.75, 3.05) is 27.7 Å². The van der Waals surface area contributed by atoms with Crippen molar-refractivity contribution in [1.82, 2.24) is 25.3 Å². The predicted molar refractivity (Wildman–Crippen MR) is 149 cm³/mol. The molecule has 0 unspecified atom stereocenters. The first-order valence-electron chi connectivity index (χ1n) is 11.8. The highest BCUT2D eigenvalue weighted by Gasteiger charge is 2.18. The summed E-state index contributed by atoms with van der Waals surface area (Å²) < 4.78 is 1.62. The Morgan fingerprint density at radius 1 is 0.895 bits per heavy atom. The molecular weight excluding hydrogens is 506 g/mol. The number of amides is 3. The van der Waals surface area contributed by atoms with Crippen molar-refractivity contribution in [3.05, 3.63) is 89.1 Å². The van der Waals surface area contributed by atoms with Crippen LogP contribution in [0.15, 0.2) is 66.7 Å². The van der Waals surface area contributed by atoms with Gasteiger partial charge in [-0.2, -0.15) is 5.10 Å². The lowest BCUT2D eigenvalue weighted by atomic mass is 10.0. The van der Waals surface area contributed by atoms with Gasteiger partial charge in [0.1, 0.15) is 0 Å². The number of halogens is 1. The highest BCUT2D eigenvalue weighted by Crippen LogP contribution is 2.27. The molecule has 0 aliphatic heterocycles. The lowest BCUT2D eigenvalue weighted by Crippen LogP contribution is -2.24. The predicted octanol–water partition coefficient (Wildman–Crippen LogP) is 3.11. The van der Waals surface area contributed by atoms with Gasteiger partial charge in [-0.05, 0) is 53.1 Å². The molecule has 198 valence electrons. The van der Waals surface area contributed by atoms with E-state index < -0.39 is 0 Å².